The van der Waals surface area contributed by atoms with E-state index in [-0.39, 0.29) is 19.1 Å². The highest BCUT2D eigenvalue weighted by Crippen LogP contribution is 2.28. The van der Waals surface area contributed by atoms with Gasteiger partial charge in [-0.05, 0) is 28.1 Å². The Labute approximate surface area is 118 Å². The molecule has 2 rings (SSSR count). The number of halogens is 1. The first-order valence-electron chi connectivity index (χ1n) is 5.63. The first-order chi connectivity index (χ1) is 9.01. The Kier molecular flexibility index (Phi) is 3.94. The van der Waals surface area contributed by atoms with Crippen LogP contribution in [0.25, 0.3) is 0 Å². The summed E-state index contributed by atoms with van der Waals surface area (Å²) in [6.07, 6.45) is 0. The minimum Gasteiger partial charge on any atom is -0.495 e. The Balaban J connectivity index is 1.95. The van der Waals surface area contributed by atoms with Crippen molar-refractivity contribution >= 4 is 33.6 Å². The number of methoxy groups -OCH3 is 1. The topological polar surface area (TPSA) is 78.9 Å². The molecule has 2 amide bonds. The van der Waals surface area contributed by atoms with Crippen LogP contribution in [-0.2, 0) is 4.79 Å². The van der Waals surface area contributed by atoms with Gasteiger partial charge in [0.15, 0.2) is 0 Å². The number of hydrogen-bond donors (Lipinski definition) is 2. The number of rotatable bonds is 3. The maximum Gasteiger partial charge on any atom is 0.321 e. The first kappa shape index (κ1) is 13.7. The molecule has 1 saturated heterocycles. The predicted molar refractivity (Wildman–Crippen MR) is 72.4 cm³/mol. The van der Waals surface area contributed by atoms with Crippen molar-refractivity contribution in [2.24, 2.45) is 5.92 Å². The highest BCUT2D eigenvalue weighted by molar-refractivity contribution is 9.10. The molecule has 2 N–H and O–H groups in total. The smallest absolute Gasteiger partial charge is 0.321 e. The Bertz CT molecular complexity index is 514. The van der Waals surface area contributed by atoms with Crippen molar-refractivity contribution in [3.8, 4) is 5.75 Å². The zero-order valence-corrected chi connectivity index (χ0v) is 11.8. The molecule has 0 aliphatic carbocycles. The van der Waals surface area contributed by atoms with E-state index in [9.17, 15) is 9.59 Å². The largest absolute Gasteiger partial charge is 0.495 e. The van der Waals surface area contributed by atoms with Crippen LogP contribution in [0.15, 0.2) is 22.7 Å². The molecule has 7 heteroatoms. The van der Waals surface area contributed by atoms with E-state index in [0.717, 1.165) is 4.47 Å². The van der Waals surface area contributed by atoms with E-state index in [2.05, 4.69) is 21.2 Å². The zero-order chi connectivity index (χ0) is 14.0. The maximum absolute atomic E-state index is 11.8. The molecule has 1 aliphatic rings. The fourth-order valence-electron chi connectivity index (χ4n) is 1.74. The summed E-state index contributed by atoms with van der Waals surface area (Å²) in [6.45, 7) is 0.490. The van der Waals surface area contributed by atoms with Gasteiger partial charge in [0.2, 0.25) is 0 Å². The number of carboxylic acids is 1. The quantitative estimate of drug-likeness (QED) is 0.889. The fraction of sp³-hybridized carbons (Fsp3) is 0.333. The van der Waals surface area contributed by atoms with Gasteiger partial charge in [-0.1, -0.05) is 0 Å². The number of amides is 2. The van der Waals surface area contributed by atoms with Gasteiger partial charge in [0.05, 0.1) is 17.5 Å². The number of carbonyl (C=O) groups excluding carboxylic acids is 1. The minimum absolute atomic E-state index is 0.245. The van der Waals surface area contributed by atoms with E-state index < -0.39 is 11.9 Å². The van der Waals surface area contributed by atoms with Gasteiger partial charge >= 0.3 is 12.0 Å². The number of benzene rings is 1. The molecule has 0 spiro atoms. The van der Waals surface area contributed by atoms with Crippen LogP contribution in [0.2, 0.25) is 0 Å². The maximum atomic E-state index is 11.8. The van der Waals surface area contributed by atoms with Crippen LogP contribution in [0.5, 0.6) is 5.75 Å². The molecule has 1 fully saturated rings. The molecule has 1 aromatic rings. The summed E-state index contributed by atoms with van der Waals surface area (Å²) in [5.41, 5.74) is 0.601. The Morgan fingerprint density at radius 2 is 2.16 bits per heavy atom. The molecular formula is C12H13BrN2O4. The summed E-state index contributed by atoms with van der Waals surface area (Å²) in [5.74, 6) is -0.704. The van der Waals surface area contributed by atoms with E-state index in [1.54, 1.807) is 25.3 Å². The number of hydrogen-bond acceptors (Lipinski definition) is 3. The number of anilines is 1. The fourth-order valence-corrected chi connectivity index (χ4v) is 2.15. The van der Waals surface area contributed by atoms with Gasteiger partial charge in [-0.25, -0.2) is 4.79 Å². The molecule has 102 valence electrons. The molecule has 19 heavy (non-hydrogen) atoms. The summed E-state index contributed by atoms with van der Waals surface area (Å²) in [5, 5.41) is 11.4. The lowest BCUT2D eigenvalue weighted by atomic mass is 10.0. The molecule has 6 nitrogen and oxygen atoms in total. The molecule has 0 atom stereocenters. The molecule has 0 unspecified atom stereocenters. The van der Waals surface area contributed by atoms with Crippen molar-refractivity contribution in [1.82, 2.24) is 4.90 Å². The molecule has 0 radical (unpaired) electrons. The van der Waals surface area contributed by atoms with Crippen molar-refractivity contribution in [1.29, 1.82) is 0 Å². The van der Waals surface area contributed by atoms with Gasteiger partial charge in [-0.2, -0.15) is 0 Å². The Morgan fingerprint density at radius 1 is 1.47 bits per heavy atom. The van der Waals surface area contributed by atoms with Crippen LogP contribution >= 0.6 is 15.9 Å². The van der Waals surface area contributed by atoms with E-state index in [0.29, 0.717) is 11.4 Å². The number of nitrogens with one attached hydrogen (secondary N) is 1. The van der Waals surface area contributed by atoms with Crippen molar-refractivity contribution in [2.75, 3.05) is 25.5 Å². The average molecular weight is 329 g/mol. The summed E-state index contributed by atoms with van der Waals surface area (Å²) < 4.78 is 5.92. The van der Waals surface area contributed by atoms with Gasteiger partial charge in [0, 0.05) is 24.8 Å². The average Bonchev–Trinajstić information content (AvgIpc) is 2.29. The van der Waals surface area contributed by atoms with Gasteiger partial charge in [-0.3, -0.25) is 4.79 Å². The summed E-state index contributed by atoms with van der Waals surface area (Å²) in [7, 11) is 1.54. The number of nitrogens with zero attached hydrogens (tertiary/aromatic N) is 1. The number of ether oxygens (including phenoxy) is 1. The number of carbonyl (C=O) groups is 2. The third-order valence-electron chi connectivity index (χ3n) is 2.92. The number of carboxylic acid groups (broad SMARTS) is 1. The van der Waals surface area contributed by atoms with Crippen LogP contribution in [0, 0.1) is 5.92 Å². The lowest BCUT2D eigenvalue weighted by molar-refractivity contribution is -0.145. The Hall–Kier alpha value is -1.76. The van der Waals surface area contributed by atoms with Crippen molar-refractivity contribution < 1.29 is 19.4 Å². The molecule has 1 aromatic carbocycles. The predicted octanol–water partition coefficient (Wildman–Crippen LogP) is 2.01. The van der Waals surface area contributed by atoms with E-state index in [4.69, 9.17) is 9.84 Å². The van der Waals surface area contributed by atoms with Gasteiger partial charge in [-0.15, -0.1) is 0 Å². The zero-order valence-electron chi connectivity index (χ0n) is 10.2. The normalized spacial score (nSPS) is 14.7. The molecule has 0 aromatic heterocycles. The monoisotopic (exact) mass is 328 g/mol. The molecular weight excluding hydrogens is 316 g/mol. The van der Waals surface area contributed by atoms with Gasteiger partial charge in [0.25, 0.3) is 0 Å². The highest BCUT2D eigenvalue weighted by atomic mass is 79.9. The highest BCUT2D eigenvalue weighted by Gasteiger charge is 2.35. The summed E-state index contributed by atoms with van der Waals surface area (Å²) in [4.78, 5) is 23.9. The van der Waals surface area contributed by atoms with E-state index in [1.807, 2.05) is 0 Å². The third kappa shape index (κ3) is 2.98. The van der Waals surface area contributed by atoms with Crippen LogP contribution in [0.4, 0.5) is 10.5 Å². The van der Waals surface area contributed by atoms with Crippen LogP contribution in [-0.4, -0.2) is 42.2 Å². The van der Waals surface area contributed by atoms with Crippen molar-refractivity contribution in [2.45, 2.75) is 0 Å². The SMILES string of the molecule is COc1cc(NC(=O)N2CC(C(=O)O)C2)ccc1Br. The van der Waals surface area contributed by atoms with Gasteiger partial charge < -0.3 is 20.1 Å². The lowest BCUT2D eigenvalue weighted by Crippen LogP contribution is -2.54. The summed E-state index contributed by atoms with van der Waals surface area (Å²) >= 11 is 3.32. The lowest BCUT2D eigenvalue weighted by Gasteiger charge is -2.36. The van der Waals surface area contributed by atoms with E-state index in [1.165, 1.54) is 4.90 Å². The van der Waals surface area contributed by atoms with Crippen LogP contribution in [0.3, 0.4) is 0 Å². The second-order valence-corrected chi connectivity index (χ2v) is 5.07. The third-order valence-corrected chi connectivity index (χ3v) is 3.58. The summed E-state index contributed by atoms with van der Waals surface area (Å²) in [6, 6.07) is 4.89. The van der Waals surface area contributed by atoms with Crippen molar-refractivity contribution in [3.63, 3.8) is 0 Å². The first-order valence-corrected chi connectivity index (χ1v) is 6.43. The second kappa shape index (κ2) is 5.48. The molecule has 0 saturated carbocycles. The molecule has 1 aliphatic heterocycles. The minimum atomic E-state index is -0.866. The number of aliphatic carboxylic acids is 1. The van der Waals surface area contributed by atoms with Gasteiger partial charge in [0.1, 0.15) is 5.75 Å². The van der Waals surface area contributed by atoms with Crippen molar-refractivity contribution in [3.05, 3.63) is 22.7 Å². The van der Waals surface area contributed by atoms with E-state index >= 15 is 0 Å². The number of likely N-dealkylation sites (tertiary alicyclic amines) is 1. The Morgan fingerprint density at radius 3 is 2.74 bits per heavy atom. The molecule has 1 heterocycles. The van der Waals surface area contributed by atoms with Crippen LogP contribution in [0.1, 0.15) is 0 Å². The number of urea groups is 1. The second-order valence-electron chi connectivity index (χ2n) is 4.22. The molecule has 0 bridgehead atoms. The van der Waals surface area contributed by atoms with Crippen LogP contribution < -0.4 is 10.1 Å². The standard InChI is InChI=1S/C12H13BrN2O4/c1-19-10-4-8(2-3-9(10)13)14-12(18)15-5-7(6-15)11(16)17/h2-4,7H,5-6H2,1H3,(H,14,18)(H,16,17).